The van der Waals surface area contributed by atoms with Crippen LogP contribution in [-0.4, -0.2) is 6.10 Å². The predicted molar refractivity (Wildman–Crippen MR) is 56.5 cm³/mol. The molecule has 14 heavy (non-hydrogen) atoms. The van der Waals surface area contributed by atoms with Gasteiger partial charge in [-0.15, -0.1) is 0 Å². The molecule has 1 nitrogen and oxygen atoms in total. The molecule has 1 heteroatoms. The van der Waals surface area contributed by atoms with Gasteiger partial charge in [-0.25, -0.2) is 0 Å². The van der Waals surface area contributed by atoms with E-state index in [1.54, 1.807) is 0 Å². The molecule has 1 aliphatic heterocycles. The van der Waals surface area contributed by atoms with Crippen molar-refractivity contribution in [3.05, 3.63) is 6.10 Å². The lowest BCUT2D eigenvalue weighted by atomic mass is 9.74. The van der Waals surface area contributed by atoms with Crippen molar-refractivity contribution in [1.29, 1.82) is 0 Å². The van der Waals surface area contributed by atoms with Crippen molar-refractivity contribution >= 4 is 0 Å². The summed E-state index contributed by atoms with van der Waals surface area (Å²) >= 11 is 0. The molecule has 2 bridgehead atoms. The van der Waals surface area contributed by atoms with Crippen molar-refractivity contribution in [3.8, 4) is 0 Å². The fourth-order valence-corrected chi connectivity index (χ4v) is 3.96. The van der Waals surface area contributed by atoms with Gasteiger partial charge in [0, 0.05) is 5.92 Å². The summed E-state index contributed by atoms with van der Waals surface area (Å²) in [5.74, 6) is 2.80. The van der Waals surface area contributed by atoms with Gasteiger partial charge in [0.05, 0.1) is 0 Å². The van der Waals surface area contributed by atoms with Gasteiger partial charge in [0.1, 0.15) is 17.4 Å². The summed E-state index contributed by atoms with van der Waals surface area (Å²) in [6.07, 6.45) is 7.58. The molecule has 0 unspecified atom stereocenters. The molecule has 0 aromatic carbocycles. The van der Waals surface area contributed by atoms with Gasteiger partial charge < -0.3 is 0 Å². The van der Waals surface area contributed by atoms with E-state index in [2.05, 4.69) is 20.8 Å². The maximum absolute atomic E-state index is 6.19. The number of rotatable bonds is 0. The number of fused-ring (bicyclic) bond motifs is 1. The van der Waals surface area contributed by atoms with Crippen LogP contribution in [-0.2, 0) is 4.74 Å². The Hall–Kier alpha value is -0.170. The molecular formula is C13H21O+. The molecule has 3 aliphatic rings. The minimum absolute atomic E-state index is 0.265. The Labute approximate surface area is 87.2 Å². The topological polar surface area (TPSA) is 9.23 Å². The second kappa shape index (κ2) is 2.69. The van der Waals surface area contributed by atoms with Crippen LogP contribution in [0.25, 0.3) is 0 Å². The molecule has 0 aromatic heterocycles. The lowest BCUT2D eigenvalue weighted by Crippen LogP contribution is -2.36. The van der Waals surface area contributed by atoms with Crippen LogP contribution in [0.4, 0.5) is 0 Å². The lowest BCUT2D eigenvalue weighted by Gasteiger charge is -2.30. The highest BCUT2D eigenvalue weighted by atomic mass is 16.5. The maximum Gasteiger partial charge on any atom is 0.250 e. The number of hydrogen-bond acceptors (Lipinski definition) is 1. The van der Waals surface area contributed by atoms with E-state index in [9.17, 15) is 0 Å². The summed E-state index contributed by atoms with van der Waals surface area (Å²) in [6.45, 7) is 6.92. The third kappa shape index (κ3) is 1.14. The largest absolute Gasteiger partial charge is 0.250 e. The first kappa shape index (κ1) is 9.08. The van der Waals surface area contributed by atoms with Crippen LogP contribution in [0.2, 0.25) is 0 Å². The summed E-state index contributed by atoms with van der Waals surface area (Å²) in [7, 11) is 0. The molecule has 4 atom stereocenters. The lowest BCUT2D eigenvalue weighted by molar-refractivity contribution is -0.0471. The van der Waals surface area contributed by atoms with Gasteiger partial charge in [-0.1, -0.05) is 0 Å². The van der Waals surface area contributed by atoms with Crippen molar-refractivity contribution in [3.63, 3.8) is 0 Å². The quantitative estimate of drug-likeness (QED) is 0.536. The molecule has 3 rings (SSSR count). The standard InChI is InChI=1S/C13H21O/c1-13(2,3)12-10-5-4-8-6-9(14-12)7-11(8)10/h8-11H,4-7H2,1-3H3/q+1/t8-,9+,10-,11+/m0/s1. The smallest absolute Gasteiger partial charge is 0.190 e. The van der Waals surface area contributed by atoms with Crippen LogP contribution >= 0.6 is 0 Å². The van der Waals surface area contributed by atoms with Gasteiger partial charge in [-0.2, -0.15) is 4.74 Å². The van der Waals surface area contributed by atoms with Gasteiger partial charge >= 0.3 is 0 Å². The Morgan fingerprint density at radius 2 is 1.93 bits per heavy atom. The molecule has 0 radical (unpaired) electrons. The minimum Gasteiger partial charge on any atom is -0.190 e. The monoisotopic (exact) mass is 193 g/mol. The third-order valence-corrected chi connectivity index (χ3v) is 4.44. The van der Waals surface area contributed by atoms with Crippen LogP contribution < -0.4 is 0 Å². The van der Waals surface area contributed by atoms with Crippen LogP contribution in [0.5, 0.6) is 0 Å². The van der Waals surface area contributed by atoms with Gasteiger partial charge in [-0.05, 0) is 52.4 Å². The van der Waals surface area contributed by atoms with Gasteiger partial charge in [0.15, 0.2) is 0 Å². The molecule has 3 fully saturated rings. The van der Waals surface area contributed by atoms with E-state index in [-0.39, 0.29) is 5.41 Å². The van der Waals surface area contributed by atoms with Crippen LogP contribution in [0, 0.1) is 29.3 Å². The molecule has 2 saturated carbocycles. The predicted octanol–water partition coefficient (Wildman–Crippen LogP) is 3.40. The Kier molecular flexibility index (Phi) is 1.75. The van der Waals surface area contributed by atoms with Crippen LogP contribution in [0.3, 0.4) is 0 Å². The summed E-state index contributed by atoms with van der Waals surface area (Å²) in [4.78, 5) is 0. The average molecular weight is 193 g/mol. The Morgan fingerprint density at radius 1 is 1.14 bits per heavy atom. The molecule has 0 spiro atoms. The van der Waals surface area contributed by atoms with Crippen molar-refractivity contribution in [2.45, 2.75) is 52.6 Å². The fraction of sp³-hybridized carbons (Fsp3) is 0.923. The fourth-order valence-electron chi connectivity index (χ4n) is 3.96. The van der Waals surface area contributed by atoms with E-state index in [4.69, 9.17) is 4.74 Å². The van der Waals surface area contributed by atoms with Gasteiger partial charge in [0.2, 0.25) is 6.10 Å². The van der Waals surface area contributed by atoms with E-state index >= 15 is 0 Å². The van der Waals surface area contributed by atoms with E-state index in [1.165, 1.54) is 31.8 Å². The van der Waals surface area contributed by atoms with Crippen LogP contribution in [0.1, 0.15) is 46.5 Å². The molecule has 1 heterocycles. The van der Waals surface area contributed by atoms with Crippen molar-refractivity contribution < 1.29 is 4.74 Å². The summed E-state index contributed by atoms with van der Waals surface area (Å²) in [6, 6.07) is 0. The minimum atomic E-state index is 0.265. The van der Waals surface area contributed by atoms with Crippen molar-refractivity contribution in [1.82, 2.24) is 0 Å². The Bertz CT molecular complexity index is 238. The third-order valence-electron chi connectivity index (χ3n) is 4.44. The zero-order valence-corrected chi connectivity index (χ0v) is 9.55. The average Bonchev–Trinajstić information content (AvgIpc) is 2.53. The second-order valence-corrected chi connectivity index (χ2v) is 6.43. The maximum atomic E-state index is 6.19. The van der Waals surface area contributed by atoms with E-state index in [0.717, 1.165) is 17.8 Å². The highest BCUT2D eigenvalue weighted by molar-refractivity contribution is 5.11. The van der Waals surface area contributed by atoms with Gasteiger partial charge in [0.25, 0.3) is 0 Å². The Morgan fingerprint density at radius 3 is 2.64 bits per heavy atom. The van der Waals surface area contributed by atoms with Crippen LogP contribution in [0.15, 0.2) is 0 Å². The summed E-state index contributed by atoms with van der Waals surface area (Å²) < 4.78 is 6.19. The van der Waals surface area contributed by atoms with Gasteiger partial charge in [-0.3, -0.25) is 0 Å². The molecule has 0 aromatic rings. The van der Waals surface area contributed by atoms with E-state index < -0.39 is 0 Å². The first-order valence-electron chi connectivity index (χ1n) is 6.09. The number of ether oxygens (including phenoxy) is 1. The van der Waals surface area contributed by atoms with Crippen molar-refractivity contribution in [2.24, 2.45) is 23.2 Å². The molecule has 1 saturated heterocycles. The highest BCUT2D eigenvalue weighted by Gasteiger charge is 2.62. The molecule has 0 amide bonds. The molecule has 78 valence electrons. The highest BCUT2D eigenvalue weighted by Crippen LogP contribution is 2.59. The molecule has 2 aliphatic carbocycles. The van der Waals surface area contributed by atoms with E-state index in [0.29, 0.717) is 6.10 Å². The van der Waals surface area contributed by atoms with E-state index in [1.807, 2.05) is 0 Å². The SMILES string of the molecule is CC(C)(C)[C+]1O[C@@H]2C[C@@H]3CC[C@H]1[C@@H]3C2. The molecular weight excluding hydrogens is 172 g/mol. The normalized spacial score (nSPS) is 46.1. The zero-order chi connectivity index (χ0) is 9.92. The molecule has 0 N–H and O–H groups in total. The van der Waals surface area contributed by atoms with Crippen molar-refractivity contribution in [2.75, 3.05) is 0 Å². The first-order valence-corrected chi connectivity index (χ1v) is 6.09. The Balaban J connectivity index is 1.89. The first-order chi connectivity index (χ1) is 6.55. The summed E-state index contributed by atoms with van der Waals surface area (Å²) in [5.41, 5.74) is 0.265. The summed E-state index contributed by atoms with van der Waals surface area (Å²) in [5, 5.41) is 0. The zero-order valence-electron chi connectivity index (χ0n) is 9.55. The second-order valence-electron chi connectivity index (χ2n) is 6.43. The number of hydrogen-bond donors (Lipinski definition) is 0.